The minimum atomic E-state index is -4.96. The molecule has 2 aromatic carbocycles. The Labute approximate surface area is 288 Å². The third kappa shape index (κ3) is 7.93. The van der Waals surface area contributed by atoms with E-state index >= 15 is 0 Å². The molecule has 1 aromatic heterocycles. The second-order valence-corrected chi connectivity index (χ2v) is 14.4. The molecule has 46 heavy (non-hydrogen) atoms. The van der Waals surface area contributed by atoms with Crippen molar-refractivity contribution in [3.05, 3.63) is 52.7 Å². The van der Waals surface area contributed by atoms with E-state index in [4.69, 9.17) is 11.6 Å². The predicted molar refractivity (Wildman–Crippen MR) is 154 cm³/mol. The van der Waals surface area contributed by atoms with Crippen LogP contribution in [-0.4, -0.2) is 74.2 Å². The first-order chi connectivity index (χ1) is 20.7. The molecule has 23 heteroatoms. The second kappa shape index (κ2) is 13.4. The number of amides is 1. The van der Waals surface area contributed by atoms with Crippen molar-refractivity contribution in [3.63, 3.8) is 0 Å². The van der Waals surface area contributed by atoms with Crippen LogP contribution in [0.3, 0.4) is 0 Å². The van der Waals surface area contributed by atoms with E-state index in [0.717, 1.165) is 42.7 Å². The standard InChI is InChI=1S/C23H20ClN7O11S3.Na/c1-10-8-13(44(37,38)39)5-6-15(10)31-21(32)18(19(30-31)22(33)34)29-28-14-9-12(4-7-16(14)45(40,41)42)26-20-17(24)11(2)25-23(27-20)43(3,35)36;/h4-9,18H,1-3H3,(H,33,34)(H,25,26,27)(H,37,38,39)(H,40,41,42);/q;+1/p-1. The maximum Gasteiger partial charge on any atom is 1.00 e. The number of sulfone groups is 1. The van der Waals surface area contributed by atoms with E-state index in [1.807, 2.05) is 0 Å². The Kier molecular flexibility index (Phi) is 10.8. The largest absolute Gasteiger partial charge is 1.00 e. The first kappa shape index (κ1) is 37.1. The Morgan fingerprint density at radius 1 is 1.02 bits per heavy atom. The number of aryl methyl sites for hydroxylation is 2. The van der Waals surface area contributed by atoms with Crippen LogP contribution in [0.25, 0.3) is 0 Å². The van der Waals surface area contributed by atoms with Crippen LogP contribution in [0, 0.1) is 13.8 Å². The van der Waals surface area contributed by atoms with Gasteiger partial charge in [0, 0.05) is 11.9 Å². The van der Waals surface area contributed by atoms with Gasteiger partial charge in [0.05, 0.1) is 22.2 Å². The molecule has 0 saturated heterocycles. The molecule has 0 aliphatic carbocycles. The second-order valence-electron chi connectivity index (χ2n) is 9.27. The summed E-state index contributed by atoms with van der Waals surface area (Å²) >= 11 is 6.20. The number of hydrogen-bond acceptors (Lipinski definition) is 15. The Morgan fingerprint density at radius 2 is 1.67 bits per heavy atom. The summed E-state index contributed by atoms with van der Waals surface area (Å²) < 4.78 is 89.9. The van der Waals surface area contributed by atoms with Gasteiger partial charge < -0.3 is 15.2 Å². The molecule has 0 bridgehead atoms. The van der Waals surface area contributed by atoms with Gasteiger partial charge in [-0.1, -0.05) is 11.6 Å². The minimum absolute atomic E-state index is 0. The summed E-state index contributed by atoms with van der Waals surface area (Å²) in [4.78, 5) is 31.3. The molecule has 1 atom stereocenters. The van der Waals surface area contributed by atoms with Gasteiger partial charge >= 0.3 is 29.6 Å². The number of aliphatic carboxylic acids is 1. The van der Waals surface area contributed by atoms with Gasteiger partial charge in [-0.3, -0.25) is 13.9 Å². The van der Waals surface area contributed by atoms with E-state index in [2.05, 4.69) is 30.6 Å². The number of hydrogen-bond donors (Lipinski definition) is 3. The van der Waals surface area contributed by atoms with Crippen molar-refractivity contribution in [3.8, 4) is 0 Å². The number of anilines is 3. The molecule has 1 unspecified atom stereocenters. The van der Waals surface area contributed by atoms with E-state index < -0.39 is 74.3 Å². The van der Waals surface area contributed by atoms with Crippen LogP contribution in [0.5, 0.6) is 0 Å². The fourth-order valence-electron chi connectivity index (χ4n) is 3.83. The maximum atomic E-state index is 13.2. The number of rotatable bonds is 9. The van der Waals surface area contributed by atoms with Crippen LogP contribution in [0.15, 0.2) is 66.7 Å². The van der Waals surface area contributed by atoms with E-state index in [1.165, 1.54) is 13.8 Å². The van der Waals surface area contributed by atoms with Crippen molar-refractivity contribution >= 4 is 82.1 Å². The molecule has 1 aliphatic rings. The molecule has 0 fully saturated rings. The number of azo groups is 1. The molecule has 0 spiro atoms. The fraction of sp³-hybridized carbons (Fsp3) is 0.174. The molecule has 0 saturated carbocycles. The van der Waals surface area contributed by atoms with Crippen molar-refractivity contribution < 1.29 is 78.6 Å². The molecule has 18 nitrogen and oxygen atoms in total. The average molecular weight is 724 g/mol. The first-order valence-electron chi connectivity index (χ1n) is 11.9. The summed E-state index contributed by atoms with van der Waals surface area (Å²) in [6, 6.07) is 4.03. The number of carbonyl (C=O) groups excluding carboxylic acids is 2. The van der Waals surface area contributed by atoms with Crippen molar-refractivity contribution in [2.24, 2.45) is 15.3 Å². The molecule has 3 aromatic rings. The smallest absolute Gasteiger partial charge is 0.543 e. The van der Waals surface area contributed by atoms with Crippen molar-refractivity contribution in [1.29, 1.82) is 0 Å². The Morgan fingerprint density at radius 3 is 2.22 bits per heavy atom. The number of halogens is 1. The zero-order valence-electron chi connectivity index (χ0n) is 23.9. The maximum absolute atomic E-state index is 13.2. The van der Waals surface area contributed by atoms with Crippen molar-refractivity contribution in [1.82, 2.24) is 9.97 Å². The number of hydrazone groups is 1. The minimum Gasteiger partial charge on any atom is -0.543 e. The fourth-order valence-corrected chi connectivity index (χ4v) is 5.69. The molecule has 3 N–H and O–H groups in total. The average Bonchev–Trinajstić information content (AvgIpc) is 3.24. The van der Waals surface area contributed by atoms with E-state index in [1.54, 1.807) is 0 Å². The van der Waals surface area contributed by atoms with Crippen LogP contribution < -0.4 is 45.0 Å². The quantitative estimate of drug-likeness (QED) is 0.0932. The number of nitrogens with zero attached hydrogens (tertiary/aromatic N) is 6. The Bertz CT molecular complexity index is 2180. The van der Waals surface area contributed by atoms with Gasteiger partial charge in [0.15, 0.2) is 11.9 Å². The zero-order valence-corrected chi connectivity index (χ0v) is 29.1. The number of benzene rings is 2. The van der Waals surface area contributed by atoms with Gasteiger partial charge in [0.2, 0.25) is 15.0 Å². The summed E-state index contributed by atoms with van der Waals surface area (Å²) in [6.07, 6.45) is 0.865. The van der Waals surface area contributed by atoms with E-state index in [9.17, 15) is 49.1 Å². The molecule has 4 rings (SSSR count). The molecule has 1 amide bonds. The number of carboxylic acids is 1. The number of nitrogens with one attached hydrogen (secondary N) is 1. The Balaban J connectivity index is 0.00000576. The van der Waals surface area contributed by atoms with Crippen LogP contribution in [0.4, 0.5) is 22.9 Å². The normalized spacial score (nSPS) is 15.5. The summed E-state index contributed by atoms with van der Waals surface area (Å²) in [6.45, 7) is 2.76. The molecule has 0 radical (unpaired) electrons. The van der Waals surface area contributed by atoms with Gasteiger partial charge in [0.1, 0.15) is 21.3 Å². The van der Waals surface area contributed by atoms with E-state index in [-0.39, 0.29) is 63.0 Å². The van der Waals surface area contributed by atoms with Crippen molar-refractivity contribution in [2.75, 3.05) is 16.6 Å². The first-order valence-corrected chi connectivity index (χ1v) is 17.1. The number of aromatic nitrogens is 2. The molecular weight excluding hydrogens is 705 g/mol. The number of carboxylic acid groups (broad SMARTS) is 1. The van der Waals surface area contributed by atoms with Crippen LogP contribution >= 0.6 is 11.6 Å². The molecule has 1 aliphatic heterocycles. The van der Waals surface area contributed by atoms with Crippen LogP contribution in [0.1, 0.15) is 11.3 Å². The SMILES string of the molecule is Cc1cc(S(=O)(=O)O)ccc1N1N=C(C(=O)[O-])C(N=Nc2cc(Nc3nc(S(C)(=O)=O)nc(C)c3Cl)ccc2S(=O)(=O)O)C1=O.[Na+]. The molecular formula is C23H19ClN7NaO11S3. The van der Waals surface area contributed by atoms with Crippen LogP contribution in [-0.2, 0) is 39.7 Å². The summed E-state index contributed by atoms with van der Waals surface area (Å²) in [5.41, 5.74) is -1.47. The summed E-state index contributed by atoms with van der Waals surface area (Å²) in [5, 5.41) is 25.4. The van der Waals surface area contributed by atoms with Crippen LogP contribution in [0.2, 0.25) is 5.02 Å². The van der Waals surface area contributed by atoms with Gasteiger partial charge in [-0.05, 0) is 55.8 Å². The monoisotopic (exact) mass is 723 g/mol. The van der Waals surface area contributed by atoms with Gasteiger partial charge in [-0.25, -0.2) is 13.4 Å². The molecule has 238 valence electrons. The Hall–Kier alpha value is -3.41. The van der Waals surface area contributed by atoms with E-state index in [0.29, 0.717) is 5.01 Å². The predicted octanol–water partition coefficient (Wildman–Crippen LogP) is -2.00. The van der Waals surface area contributed by atoms with Gasteiger partial charge in [0.25, 0.3) is 26.1 Å². The third-order valence-corrected chi connectivity index (χ3v) is 8.97. The topological polar surface area (TPSA) is 278 Å². The molecule has 2 heterocycles. The summed E-state index contributed by atoms with van der Waals surface area (Å²) in [5.74, 6) is -3.25. The van der Waals surface area contributed by atoms with Gasteiger partial charge in [-0.15, -0.1) is 0 Å². The van der Waals surface area contributed by atoms with Crippen molar-refractivity contribution in [2.45, 2.75) is 34.8 Å². The third-order valence-electron chi connectivity index (χ3n) is 5.92. The zero-order chi connectivity index (χ0) is 33.6. The number of carbonyl (C=O) groups is 2. The summed E-state index contributed by atoms with van der Waals surface area (Å²) in [7, 11) is -13.4. The van der Waals surface area contributed by atoms with Gasteiger partial charge in [-0.2, -0.15) is 42.2 Å².